The van der Waals surface area contributed by atoms with Crippen LogP contribution in [0.5, 0.6) is 0 Å². The fourth-order valence-corrected chi connectivity index (χ4v) is 4.24. The minimum atomic E-state index is -3.47. The molecule has 0 spiro atoms. The predicted octanol–water partition coefficient (Wildman–Crippen LogP) is 2.26. The fourth-order valence-electron chi connectivity index (χ4n) is 2.78. The fraction of sp³-hybridized carbons (Fsp3) is 0.611. The molecule has 0 unspecified atom stereocenters. The van der Waals surface area contributed by atoms with Crippen molar-refractivity contribution in [1.82, 2.24) is 9.62 Å². The van der Waals surface area contributed by atoms with E-state index in [1.54, 1.807) is 12.1 Å². The van der Waals surface area contributed by atoms with Crippen LogP contribution in [0.1, 0.15) is 43.5 Å². The van der Waals surface area contributed by atoms with Crippen molar-refractivity contribution < 1.29 is 17.9 Å². The van der Waals surface area contributed by atoms with E-state index in [0.29, 0.717) is 44.3 Å². The van der Waals surface area contributed by atoms with E-state index in [1.807, 2.05) is 6.92 Å². The van der Waals surface area contributed by atoms with Gasteiger partial charge in [-0.25, -0.2) is 8.42 Å². The number of amides is 1. The van der Waals surface area contributed by atoms with Crippen LogP contribution >= 0.6 is 0 Å². The summed E-state index contributed by atoms with van der Waals surface area (Å²) in [4.78, 5) is 12.3. The first kappa shape index (κ1) is 19.9. The lowest BCUT2D eigenvalue weighted by Crippen LogP contribution is -2.37. The van der Waals surface area contributed by atoms with Crippen LogP contribution in [0.25, 0.3) is 0 Å². The van der Waals surface area contributed by atoms with Crippen LogP contribution in [0.15, 0.2) is 29.2 Å². The molecule has 1 aliphatic heterocycles. The Morgan fingerprint density at radius 3 is 2.48 bits per heavy atom. The third-order valence-electron chi connectivity index (χ3n) is 4.45. The van der Waals surface area contributed by atoms with Crippen LogP contribution in [0, 0.1) is 5.92 Å². The highest BCUT2D eigenvalue weighted by molar-refractivity contribution is 7.89. The molecule has 1 N–H and O–H groups in total. The predicted molar refractivity (Wildman–Crippen MR) is 97.0 cm³/mol. The zero-order valence-corrected chi connectivity index (χ0v) is 15.8. The van der Waals surface area contributed by atoms with Gasteiger partial charge in [0, 0.05) is 38.4 Å². The second kappa shape index (κ2) is 9.31. The Hall–Kier alpha value is -1.44. The molecule has 2 rings (SSSR count). The summed E-state index contributed by atoms with van der Waals surface area (Å²) in [6.07, 6.45) is 2.53. The molecule has 0 radical (unpaired) electrons. The molecule has 25 heavy (non-hydrogen) atoms. The van der Waals surface area contributed by atoms with E-state index >= 15 is 0 Å². The number of carbonyl (C=O) groups excluding carboxylic acids is 1. The lowest BCUT2D eigenvalue weighted by Gasteiger charge is -2.29. The van der Waals surface area contributed by atoms with Gasteiger partial charge in [0.05, 0.1) is 4.90 Å². The molecule has 1 heterocycles. The number of hydrogen-bond acceptors (Lipinski definition) is 4. The summed E-state index contributed by atoms with van der Waals surface area (Å²) in [6.45, 7) is 7.01. The number of nitrogens with one attached hydrogen (secondary N) is 1. The first-order valence-corrected chi connectivity index (χ1v) is 10.3. The number of rotatable bonds is 8. The number of nitrogens with zero attached hydrogens (tertiary/aromatic N) is 1. The maximum atomic E-state index is 12.7. The van der Waals surface area contributed by atoms with Crippen molar-refractivity contribution in [2.24, 2.45) is 5.92 Å². The Labute approximate surface area is 150 Å². The van der Waals surface area contributed by atoms with Gasteiger partial charge in [-0.1, -0.05) is 6.92 Å². The minimum Gasteiger partial charge on any atom is -0.382 e. The molecule has 1 fully saturated rings. The lowest BCUT2D eigenvalue weighted by atomic mass is 10.0. The molecule has 140 valence electrons. The maximum Gasteiger partial charge on any atom is 0.251 e. The molecule has 1 aliphatic rings. The van der Waals surface area contributed by atoms with Gasteiger partial charge in [0.1, 0.15) is 0 Å². The zero-order valence-electron chi connectivity index (χ0n) is 15.0. The first-order chi connectivity index (χ1) is 11.9. The highest BCUT2D eigenvalue weighted by atomic mass is 32.2. The van der Waals surface area contributed by atoms with Crippen LogP contribution in [0.2, 0.25) is 0 Å². The van der Waals surface area contributed by atoms with Crippen LogP contribution in [0.3, 0.4) is 0 Å². The molecule has 6 nitrogen and oxygen atoms in total. The van der Waals surface area contributed by atoms with Gasteiger partial charge < -0.3 is 10.1 Å². The van der Waals surface area contributed by atoms with E-state index in [1.165, 1.54) is 16.4 Å². The normalized spacial score (nSPS) is 16.7. The van der Waals surface area contributed by atoms with Gasteiger partial charge in [0.2, 0.25) is 10.0 Å². The van der Waals surface area contributed by atoms with Gasteiger partial charge in [0.25, 0.3) is 5.91 Å². The van der Waals surface area contributed by atoms with Crippen molar-refractivity contribution >= 4 is 15.9 Å². The average Bonchev–Trinajstić information content (AvgIpc) is 2.62. The van der Waals surface area contributed by atoms with E-state index in [2.05, 4.69) is 12.2 Å². The number of benzene rings is 1. The van der Waals surface area contributed by atoms with Crippen LogP contribution in [-0.2, 0) is 14.8 Å². The van der Waals surface area contributed by atoms with E-state index in [9.17, 15) is 13.2 Å². The van der Waals surface area contributed by atoms with E-state index in [0.717, 1.165) is 19.3 Å². The largest absolute Gasteiger partial charge is 0.382 e. The summed E-state index contributed by atoms with van der Waals surface area (Å²) >= 11 is 0. The summed E-state index contributed by atoms with van der Waals surface area (Å²) in [5.74, 6) is 0.368. The second-order valence-corrected chi connectivity index (χ2v) is 8.36. The van der Waals surface area contributed by atoms with Gasteiger partial charge in [0.15, 0.2) is 0 Å². The molecule has 1 amide bonds. The van der Waals surface area contributed by atoms with Crippen molar-refractivity contribution in [2.75, 3.05) is 32.8 Å². The Morgan fingerprint density at radius 2 is 1.88 bits per heavy atom. The van der Waals surface area contributed by atoms with Gasteiger partial charge in [-0.2, -0.15) is 4.31 Å². The number of ether oxygens (including phenoxy) is 1. The van der Waals surface area contributed by atoms with E-state index in [-0.39, 0.29) is 10.8 Å². The molecule has 1 aromatic rings. The molecular formula is C18H28N2O4S. The quantitative estimate of drug-likeness (QED) is 0.714. The van der Waals surface area contributed by atoms with Crippen molar-refractivity contribution in [1.29, 1.82) is 0 Å². The summed E-state index contributed by atoms with van der Waals surface area (Å²) in [5.41, 5.74) is 0.461. The molecule has 0 aromatic heterocycles. The summed E-state index contributed by atoms with van der Waals surface area (Å²) in [7, 11) is -3.47. The molecule has 1 aromatic carbocycles. The number of piperidine rings is 1. The van der Waals surface area contributed by atoms with Crippen molar-refractivity contribution in [3.8, 4) is 0 Å². The van der Waals surface area contributed by atoms with Crippen LogP contribution in [-0.4, -0.2) is 51.5 Å². The van der Waals surface area contributed by atoms with Gasteiger partial charge >= 0.3 is 0 Å². The minimum absolute atomic E-state index is 0.202. The monoisotopic (exact) mass is 368 g/mol. The van der Waals surface area contributed by atoms with Crippen LogP contribution in [0.4, 0.5) is 0 Å². The second-order valence-electron chi connectivity index (χ2n) is 6.42. The van der Waals surface area contributed by atoms with E-state index in [4.69, 9.17) is 4.74 Å². The van der Waals surface area contributed by atoms with Crippen molar-refractivity contribution in [2.45, 2.75) is 38.0 Å². The SMILES string of the molecule is CCOCCCNC(=O)c1ccc(S(=O)(=O)N2CCC(C)CC2)cc1. The Morgan fingerprint density at radius 1 is 1.24 bits per heavy atom. The van der Waals surface area contributed by atoms with Crippen LogP contribution < -0.4 is 5.32 Å². The lowest BCUT2D eigenvalue weighted by molar-refractivity contribution is 0.0944. The molecule has 1 saturated heterocycles. The molecule has 7 heteroatoms. The van der Waals surface area contributed by atoms with Crippen molar-refractivity contribution in [3.63, 3.8) is 0 Å². The van der Waals surface area contributed by atoms with E-state index < -0.39 is 10.0 Å². The molecule has 0 saturated carbocycles. The highest BCUT2D eigenvalue weighted by Gasteiger charge is 2.28. The zero-order chi connectivity index (χ0) is 18.3. The summed E-state index contributed by atoms with van der Waals surface area (Å²) in [6, 6.07) is 6.17. The first-order valence-electron chi connectivity index (χ1n) is 8.91. The third kappa shape index (κ3) is 5.52. The summed E-state index contributed by atoms with van der Waals surface area (Å²) < 4.78 is 32.1. The Kier molecular flexibility index (Phi) is 7.40. The topological polar surface area (TPSA) is 75.7 Å². The molecule has 0 bridgehead atoms. The number of sulfonamides is 1. The van der Waals surface area contributed by atoms with Crippen molar-refractivity contribution in [3.05, 3.63) is 29.8 Å². The maximum absolute atomic E-state index is 12.7. The number of hydrogen-bond donors (Lipinski definition) is 1. The molecular weight excluding hydrogens is 340 g/mol. The third-order valence-corrected chi connectivity index (χ3v) is 6.36. The smallest absolute Gasteiger partial charge is 0.251 e. The molecule has 0 aliphatic carbocycles. The highest BCUT2D eigenvalue weighted by Crippen LogP contribution is 2.23. The summed E-state index contributed by atoms with van der Waals surface area (Å²) in [5, 5.41) is 2.81. The van der Waals surface area contributed by atoms with Gasteiger partial charge in [-0.15, -0.1) is 0 Å². The standard InChI is InChI=1S/C18H28N2O4S/c1-3-24-14-4-11-19-18(21)16-5-7-17(8-6-16)25(22,23)20-12-9-15(2)10-13-20/h5-8,15H,3-4,9-14H2,1-2H3,(H,19,21). The number of carbonyl (C=O) groups is 1. The Balaban J connectivity index is 1.93. The average molecular weight is 368 g/mol. The van der Waals surface area contributed by atoms with Gasteiger partial charge in [-0.05, 0) is 56.4 Å². The van der Waals surface area contributed by atoms with Gasteiger partial charge in [-0.3, -0.25) is 4.79 Å². The molecule has 0 atom stereocenters. The Bertz CT molecular complexity index is 650.